The van der Waals surface area contributed by atoms with Crippen molar-refractivity contribution in [2.75, 3.05) is 56.5 Å². The van der Waals surface area contributed by atoms with Gasteiger partial charge in [-0.15, -0.1) is 0 Å². The Balaban J connectivity index is 1.01. The van der Waals surface area contributed by atoms with Crippen LogP contribution in [0.3, 0.4) is 0 Å². The number of hydrogen-bond donors (Lipinski definition) is 2. The highest BCUT2D eigenvalue weighted by Crippen LogP contribution is 2.32. The summed E-state index contributed by atoms with van der Waals surface area (Å²) in [5.74, 6) is -0.555. The standard InChI is InChI=1S/C35H40BrN9O5/c1-40-19-23(17-24(20-40)38-25-18-37-42(3)34(49)30(25)36)21-7-9-22(10-8-21)33(48)44-15-13-43(14-16-44)26-5-4-6-27-31(26)41(2)35(50)45(27)28-11-12-29(46)39-32(28)47/h4-10,18,23-24,28,38H,11-17,19-20H2,1-3H3,(H,39,46,47)/t23-,24+,28?/m0/s1. The lowest BCUT2D eigenvalue weighted by Crippen LogP contribution is -2.49. The van der Waals surface area contributed by atoms with Gasteiger partial charge in [-0.1, -0.05) is 18.2 Å². The van der Waals surface area contributed by atoms with Crippen molar-refractivity contribution in [2.45, 2.75) is 37.3 Å². The average Bonchev–Trinajstić information content (AvgIpc) is 3.37. The van der Waals surface area contributed by atoms with Crippen LogP contribution in [-0.2, 0) is 23.7 Å². The van der Waals surface area contributed by atoms with Crippen LogP contribution in [-0.4, -0.2) is 98.8 Å². The number of hydrogen-bond acceptors (Lipinski definition) is 9. The van der Waals surface area contributed by atoms with Crippen molar-refractivity contribution in [3.05, 3.63) is 85.1 Å². The molecule has 0 spiro atoms. The lowest BCUT2D eigenvalue weighted by Gasteiger charge is -2.37. The molecule has 0 aliphatic carbocycles. The molecular formula is C35H40BrN9O5. The molecule has 4 aromatic rings. The SMILES string of the molecule is CN1C[C@H](Nc2cnn(C)c(=O)c2Br)C[C@H](c2ccc(C(=O)N3CCN(c4cccc5c4n(C)c(=O)n5C4CCC(=O)NC4=O)CC3)cc2)C1. The first kappa shape index (κ1) is 33.7. The minimum atomic E-state index is -0.747. The molecule has 3 saturated heterocycles. The summed E-state index contributed by atoms with van der Waals surface area (Å²) < 4.78 is 4.82. The molecule has 3 amide bonds. The average molecular weight is 747 g/mol. The predicted octanol–water partition coefficient (Wildman–Crippen LogP) is 2.04. The van der Waals surface area contributed by atoms with Gasteiger partial charge in [0.1, 0.15) is 10.5 Å². The summed E-state index contributed by atoms with van der Waals surface area (Å²) in [6.07, 6.45) is 3.00. The lowest BCUT2D eigenvalue weighted by atomic mass is 9.87. The number of amides is 3. The fourth-order valence-electron chi connectivity index (χ4n) is 7.63. The zero-order chi connectivity index (χ0) is 35.3. The van der Waals surface area contributed by atoms with Crippen LogP contribution < -0.4 is 26.8 Å². The molecule has 0 bridgehead atoms. The van der Waals surface area contributed by atoms with Gasteiger partial charge in [0.2, 0.25) is 11.8 Å². The quantitative estimate of drug-likeness (QED) is 0.283. The smallest absolute Gasteiger partial charge is 0.329 e. The number of carbonyl (C=O) groups is 3. The predicted molar refractivity (Wildman–Crippen MR) is 193 cm³/mol. The molecule has 3 atom stereocenters. The Morgan fingerprint density at radius 2 is 1.70 bits per heavy atom. The van der Waals surface area contributed by atoms with Crippen LogP contribution >= 0.6 is 15.9 Å². The van der Waals surface area contributed by atoms with Crippen LogP contribution in [0.1, 0.15) is 47.1 Å². The Kier molecular flexibility index (Phi) is 9.11. The number of anilines is 2. The van der Waals surface area contributed by atoms with Crippen molar-refractivity contribution in [1.29, 1.82) is 0 Å². The van der Waals surface area contributed by atoms with Crippen molar-refractivity contribution in [3.63, 3.8) is 0 Å². The van der Waals surface area contributed by atoms with Gasteiger partial charge in [-0.05, 0) is 71.6 Å². The molecule has 1 unspecified atom stereocenters. The number of aromatic nitrogens is 4. The minimum absolute atomic E-state index is 0.0193. The molecule has 2 aromatic heterocycles. The zero-order valence-corrected chi connectivity index (χ0v) is 29.9. The first-order valence-corrected chi connectivity index (χ1v) is 17.6. The number of benzene rings is 2. The van der Waals surface area contributed by atoms with Crippen LogP contribution in [0.15, 0.2) is 62.7 Å². The Morgan fingerprint density at radius 1 is 0.960 bits per heavy atom. The maximum absolute atomic E-state index is 13.6. The summed E-state index contributed by atoms with van der Waals surface area (Å²) in [5, 5.41) is 10.0. The fourth-order valence-corrected chi connectivity index (χ4v) is 8.10. The van der Waals surface area contributed by atoms with E-state index in [1.807, 2.05) is 35.2 Å². The number of imidazole rings is 1. The highest BCUT2D eigenvalue weighted by molar-refractivity contribution is 9.10. The number of likely N-dealkylation sites (N-methyl/N-ethyl adjacent to an activating group) is 1. The Hall–Kier alpha value is -4.76. The Bertz CT molecular complexity index is 2100. The first-order chi connectivity index (χ1) is 24.0. The van der Waals surface area contributed by atoms with Gasteiger partial charge in [-0.3, -0.25) is 33.6 Å². The highest BCUT2D eigenvalue weighted by Gasteiger charge is 2.33. The van der Waals surface area contributed by atoms with E-state index in [1.165, 1.54) is 9.25 Å². The normalized spacial score (nSPS) is 21.8. The minimum Gasteiger partial charge on any atom is -0.379 e. The van der Waals surface area contributed by atoms with E-state index in [0.29, 0.717) is 47.4 Å². The van der Waals surface area contributed by atoms with Crippen molar-refractivity contribution >= 4 is 56.1 Å². The molecule has 7 rings (SSSR count). The second-order valence-corrected chi connectivity index (χ2v) is 14.3. The largest absolute Gasteiger partial charge is 0.379 e. The molecule has 50 heavy (non-hydrogen) atoms. The van der Waals surface area contributed by atoms with E-state index in [-0.39, 0.29) is 47.9 Å². The third kappa shape index (κ3) is 6.23. The van der Waals surface area contributed by atoms with E-state index in [4.69, 9.17) is 0 Å². The van der Waals surface area contributed by atoms with E-state index in [2.05, 4.69) is 60.6 Å². The summed E-state index contributed by atoms with van der Waals surface area (Å²) in [7, 11) is 5.41. The summed E-state index contributed by atoms with van der Waals surface area (Å²) in [6.45, 7) is 3.93. The number of likely N-dealkylation sites (tertiary alicyclic amines) is 1. The molecule has 5 heterocycles. The third-order valence-electron chi connectivity index (χ3n) is 10.2. The fraction of sp³-hybridized carbons (Fsp3) is 0.429. The maximum Gasteiger partial charge on any atom is 0.329 e. The number of fused-ring (bicyclic) bond motifs is 1. The number of aryl methyl sites for hydroxylation is 2. The number of nitrogens with zero attached hydrogens (tertiary/aromatic N) is 7. The van der Waals surface area contributed by atoms with Crippen molar-refractivity contribution in [1.82, 2.24) is 34.0 Å². The Labute approximate surface area is 296 Å². The molecule has 0 radical (unpaired) electrons. The van der Waals surface area contributed by atoms with Crippen LogP contribution in [0.25, 0.3) is 11.0 Å². The van der Waals surface area contributed by atoms with Crippen molar-refractivity contribution in [3.8, 4) is 0 Å². The number of piperidine rings is 2. The molecule has 2 aromatic carbocycles. The number of carbonyl (C=O) groups excluding carboxylic acids is 3. The molecule has 3 aliphatic rings. The van der Waals surface area contributed by atoms with Gasteiger partial charge in [-0.2, -0.15) is 5.10 Å². The van der Waals surface area contributed by atoms with Crippen LogP contribution in [0.4, 0.5) is 11.4 Å². The summed E-state index contributed by atoms with van der Waals surface area (Å²) in [6, 6.07) is 13.0. The van der Waals surface area contributed by atoms with E-state index >= 15 is 0 Å². The van der Waals surface area contributed by atoms with E-state index in [9.17, 15) is 24.0 Å². The number of imide groups is 1. The van der Waals surface area contributed by atoms with Crippen molar-refractivity contribution < 1.29 is 14.4 Å². The second-order valence-electron chi connectivity index (χ2n) is 13.5. The number of halogens is 1. The molecule has 3 aliphatic heterocycles. The Morgan fingerprint density at radius 3 is 2.42 bits per heavy atom. The molecule has 3 fully saturated rings. The zero-order valence-electron chi connectivity index (χ0n) is 28.3. The summed E-state index contributed by atoms with van der Waals surface area (Å²) in [4.78, 5) is 70.0. The first-order valence-electron chi connectivity index (χ1n) is 16.8. The second kappa shape index (κ2) is 13.5. The van der Waals surface area contributed by atoms with Gasteiger partial charge >= 0.3 is 5.69 Å². The summed E-state index contributed by atoms with van der Waals surface area (Å²) >= 11 is 3.41. The monoisotopic (exact) mass is 745 g/mol. The highest BCUT2D eigenvalue weighted by atomic mass is 79.9. The van der Waals surface area contributed by atoms with E-state index in [1.54, 1.807) is 24.9 Å². The molecule has 2 N–H and O–H groups in total. The number of rotatable bonds is 6. The van der Waals surface area contributed by atoms with E-state index < -0.39 is 11.9 Å². The summed E-state index contributed by atoms with van der Waals surface area (Å²) in [5.41, 5.74) is 4.22. The number of nitrogens with one attached hydrogen (secondary N) is 2. The number of para-hydroxylation sites is 1. The topological polar surface area (TPSA) is 147 Å². The lowest BCUT2D eigenvalue weighted by molar-refractivity contribution is -0.135. The van der Waals surface area contributed by atoms with Crippen LogP contribution in [0, 0.1) is 0 Å². The maximum atomic E-state index is 13.6. The molecule has 0 saturated carbocycles. The van der Waals surface area contributed by atoms with Gasteiger partial charge in [0.25, 0.3) is 11.5 Å². The van der Waals surface area contributed by atoms with Gasteiger partial charge in [0, 0.05) is 71.4 Å². The van der Waals surface area contributed by atoms with E-state index in [0.717, 1.165) is 36.3 Å². The van der Waals surface area contributed by atoms with Gasteiger partial charge < -0.3 is 20.0 Å². The van der Waals surface area contributed by atoms with Crippen LogP contribution in [0.5, 0.6) is 0 Å². The van der Waals surface area contributed by atoms with Crippen molar-refractivity contribution in [2.24, 2.45) is 14.1 Å². The van der Waals surface area contributed by atoms with Gasteiger partial charge in [0.15, 0.2) is 0 Å². The molecular weight excluding hydrogens is 706 g/mol. The van der Waals surface area contributed by atoms with Gasteiger partial charge in [-0.25, -0.2) is 9.48 Å². The number of piperazine rings is 1. The molecule has 14 nitrogen and oxygen atoms in total. The third-order valence-corrected chi connectivity index (χ3v) is 11.0. The molecule has 262 valence electrons. The molecule has 15 heteroatoms. The van der Waals surface area contributed by atoms with Crippen LogP contribution in [0.2, 0.25) is 0 Å². The van der Waals surface area contributed by atoms with Gasteiger partial charge in [0.05, 0.1) is 28.6 Å².